The Bertz CT molecular complexity index is 1170. The molecule has 1 heterocycles. The van der Waals surface area contributed by atoms with Crippen molar-refractivity contribution in [2.75, 3.05) is 0 Å². The van der Waals surface area contributed by atoms with Crippen molar-refractivity contribution in [1.29, 1.82) is 0 Å². The first kappa shape index (κ1) is 27.1. The third-order valence-corrected chi connectivity index (χ3v) is 5.52. The number of nitrogens with zero attached hydrogens (tertiary/aromatic N) is 2. The number of aromatic nitrogens is 2. The molecule has 194 valence electrons. The van der Waals surface area contributed by atoms with Crippen molar-refractivity contribution in [1.82, 2.24) is 9.55 Å². The fourth-order valence-corrected chi connectivity index (χ4v) is 3.70. The van der Waals surface area contributed by atoms with Crippen LogP contribution < -0.4 is 10.5 Å². The molecule has 0 aliphatic carbocycles. The van der Waals surface area contributed by atoms with E-state index in [-0.39, 0.29) is 23.1 Å². The van der Waals surface area contributed by atoms with Crippen molar-refractivity contribution in [3.05, 3.63) is 82.9 Å². The molecule has 3 aromatic rings. The number of aliphatic hydroxyl groups excluding tert-OH is 1. The van der Waals surface area contributed by atoms with Crippen LogP contribution in [0.4, 0.5) is 26.3 Å². The standard InChI is InChI=1S/C24H23F6N3O3/c1-14(34)20(33-11-19(22(31)35)32-13-33)7-6-16-4-2-3-5-21(16)36-12-15-8-17(23(25,26)27)10-18(9-15)24(28,29)30/h2-5,8-11,13-14,20,34H,6-7,12H2,1H3,(H2,31,35). The second-order valence-corrected chi connectivity index (χ2v) is 8.23. The number of rotatable bonds is 9. The Hall–Kier alpha value is -3.54. The van der Waals surface area contributed by atoms with Crippen LogP contribution >= 0.6 is 0 Å². The fourth-order valence-electron chi connectivity index (χ4n) is 3.70. The predicted octanol–water partition coefficient (Wildman–Crippen LogP) is 5.15. The number of hydrogen-bond donors (Lipinski definition) is 2. The van der Waals surface area contributed by atoms with Crippen LogP contribution in [0.1, 0.15) is 52.1 Å². The van der Waals surface area contributed by atoms with E-state index in [1.807, 2.05) is 0 Å². The normalized spacial score (nSPS) is 13.9. The summed E-state index contributed by atoms with van der Waals surface area (Å²) in [4.78, 5) is 15.2. The van der Waals surface area contributed by atoms with Gasteiger partial charge >= 0.3 is 12.4 Å². The van der Waals surface area contributed by atoms with Gasteiger partial charge in [-0.25, -0.2) is 4.98 Å². The number of aliphatic hydroxyl groups is 1. The highest BCUT2D eigenvalue weighted by atomic mass is 19.4. The zero-order valence-electron chi connectivity index (χ0n) is 19.0. The zero-order chi connectivity index (χ0) is 26.7. The Kier molecular flexibility index (Phi) is 7.97. The van der Waals surface area contributed by atoms with Crippen LogP contribution in [0.2, 0.25) is 0 Å². The maximum Gasteiger partial charge on any atom is 0.416 e. The van der Waals surface area contributed by atoms with Crippen molar-refractivity contribution in [3.8, 4) is 5.75 Å². The number of carbonyl (C=O) groups is 1. The number of para-hydroxylation sites is 1. The van der Waals surface area contributed by atoms with Crippen LogP contribution in [0.3, 0.4) is 0 Å². The summed E-state index contributed by atoms with van der Waals surface area (Å²) < 4.78 is 85.9. The molecule has 1 aromatic heterocycles. The van der Waals surface area contributed by atoms with Gasteiger partial charge in [0.1, 0.15) is 18.1 Å². The van der Waals surface area contributed by atoms with Gasteiger partial charge in [0.05, 0.1) is 29.6 Å². The Balaban J connectivity index is 1.78. The van der Waals surface area contributed by atoms with Gasteiger partial charge in [-0.15, -0.1) is 0 Å². The van der Waals surface area contributed by atoms with Crippen LogP contribution in [0.25, 0.3) is 0 Å². The summed E-state index contributed by atoms with van der Waals surface area (Å²) >= 11 is 0. The SMILES string of the molecule is CC(O)C(CCc1ccccc1OCc1cc(C(F)(F)F)cc(C(F)(F)F)c1)n1cnc(C(N)=O)c1. The molecular weight excluding hydrogens is 492 g/mol. The lowest BCUT2D eigenvalue weighted by Gasteiger charge is -2.22. The number of ether oxygens (including phenoxy) is 1. The maximum absolute atomic E-state index is 13.1. The smallest absolute Gasteiger partial charge is 0.416 e. The highest BCUT2D eigenvalue weighted by Gasteiger charge is 2.37. The van der Waals surface area contributed by atoms with Crippen molar-refractivity contribution in [2.24, 2.45) is 5.73 Å². The van der Waals surface area contributed by atoms with Gasteiger partial charge in [0.2, 0.25) is 0 Å². The molecular formula is C24H23F6N3O3. The predicted molar refractivity (Wildman–Crippen MR) is 117 cm³/mol. The maximum atomic E-state index is 13.1. The number of alkyl halides is 6. The van der Waals surface area contributed by atoms with E-state index >= 15 is 0 Å². The second kappa shape index (κ2) is 10.6. The zero-order valence-corrected chi connectivity index (χ0v) is 19.0. The van der Waals surface area contributed by atoms with Crippen LogP contribution in [-0.2, 0) is 25.4 Å². The van der Waals surface area contributed by atoms with Crippen LogP contribution in [0, 0.1) is 0 Å². The first-order valence-corrected chi connectivity index (χ1v) is 10.8. The minimum Gasteiger partial charge on any atom is -0.489 e. The largest absolute Gasteiger partial charge is 0.489 e. The molecule has 1 amide bonds. The summed E-state index contributed by atoms with van der Waals surface area (Å²) in [5.41, 5.74) is 2.75. The molecule has 3 rings (SSSR count). The van der Waals surface area contributed by atoms with Gasteiger partial charge in [0.15, 0.2) is 0 Å². The first-order chi connectivity index (χ1) is 16.8. The van der Waals surface area contributed by atoms with Crippen molar-refractivity contribution in [3.63, 3.8) is 0 Å². The molecule has 0 saturated heterocycles. The number of imidazole rings is 1. The first-order valence-electron chi connectivity index (χ1n) is 10.8. The van der Waals surface area contributed by atoms with E-state index in [9.17, 15) is 36.2 Å². The average molecular weight is 515 g/mol. The molecule has 2 aromatic carbocycles. The molecule has 0 aliphatic heterocycles. The van der Waals surface area contributed by atoms with Crippen LogP contribution in [0.5, 0.6) is 5.75 Å². The lowest BCUT2D eigenvalue weighted by atomic mass is 10.0. The van der Waals surface area contributed by atoms with E-state index in [1.165, 1.54) is 12.5 Å². The van der Waals surface area contributed by atoms with E-state index in [0.29, 0.717) is 30.5 Å². The van der Waals surface area contributed by atoms with Gasteiger partial charge in [0, 0.05) is 6.20 Å². The molecule has 0 spiro atoms. The average Bonchev–Trinajstić information content (AvgIpc) is 3.27. The number of nitrogens with two attached hydrogens (primary N) is 1. The summed E-state index contributed by atoms with van der Waals surface area (Å²) in [6.07, 6.45) is -7.27. The molecule has 2 unspecified atom stereocenters. The molecule has 0 aliphatic rings. The quantitative estimate of drug-likeness (QED) is 0.386. The Morgan fingerprint density at radius 3 is 2.22 bits per heavy atom. The summed E-state index contributed by atoms with van der Waals surface area (Å²) in [6, 6.07) is 7.39. The third-order valence-electron chi connectivity index (χ3n) is 5.52. The number of carbonyl (C=O) groups excluding carboxylic acids is 1. The molecule has 0 bridgehead atoms. The van der Waals surface area contributed by atoms with Crippen molar-refractivity contribution < 1.29 is 41.0 Å². The van der Waals surface area contributed by atoms with Gasteiger partial charge in [-0.3, -0.25) is 4.79 Å². The van der Waals surface area contributed by atoms with Gasteiger partial charge < -0.3 is 20.1 Å². The molecule has 12 heteroatoms. The fraction of sp³-hybridized carbons (Fsp3) is 0.333. The summed E-state index contributed by atoms with van der Waals surface area (Å²) in [5.74, 6) is -0.448. The van der Waals surface area contributed by atoms with Gasteiger partial charge in [0.25, 0.3) is 5.91 Å². The second-order valence-electron chi connectivity index (χ2n) is 8.23. The summed E-state index contributed by atoms with van der Waals surface area (Å²) in [5, 5.41) is 10.2. The monoisotopic (exact) mass is 515 g/mol. The number of amides is 1. The summed E-state index contributed by atoms with van der Waals surface area (Å²) in [6.45, 7) is 1.04. The van der Waals surface area contributed by atoms with Gasteiger partial charge in [-0.1, -0.05) is 18.2 Å². The van der Waals surface area contributed by atoms with Crippen LogP contribution in [0.15, 0.2) is 55.0 Å². The van der Waals surface area contributed by atoms with Crippen molar-refractivity contribution >= 4 is 5.91 Å². The van der Waals surface area contributed by atoms with E-state index < -0.39 is 48.1 Å². The highest BCUT2D eigenvalue weighted by Crippen LogP contribution is 2.36. The van der Waals surface area contributed by atoms with E-state index in [1.54, 1.807) is 35.8 Å². The Labute approximate surface area is 202 Å². The van der Waals surface area contributed by atoms with Gasteiger partial charge in [-0.05, 0) is 55.2 Å². The lowest BCUT2D eigenvalue weighted by Crippen LogP contribution is -2.21. The Morgan fingerprint density at radius 1 is 1.08 bits per heavy atom. The lowest BCUT2D eigenvalue weighted by molar-refractivity contribution is -0.143. The number of aryl methyl sites for hydroxylation is 1. The number of halogens is 6. The molecule has 0 radical (unpaired) electrons. The van der Waals surface area contributed by atoms with E-state index in [2.05, 4.69) is 4.98 Å². The Morgan fingerprint density at radius 2 is 1.69 bits per heavy atom. The van der Waals surface area contributed by atoms with E-state index in [4.69, 9.17) is 10.5 Å². The number of benzene rings is 2. The third kappa shape index (κ3) is 6.78. The molecule has 3 N–H and O–H groups in total. The number of hydrogen-bond acceptors (Lipinski definition) is 4. The molecule has 6 nitrogen and oxygen atoms in total. The minimum absolute atomic E-state index is 0.0312. The van der Waals surface area contributed by atoms with Crippen LogP contribution in [-0.4, -0.2) is 26.7 Å². The topological polar surface area (TPSA) is 90.4 Å². The van der Waals surface area contributed by atoms with Gasteiger partial charge in [-0.2, -0.15) is 26.3 Å². The highest BCUT2D eigenvalue weighted by molar-refractivity contribution is 5.90. The molecule has 36 heavy (non-hydrogen) atoms. The number of primary amides is 1. The summed E-state index contributed by atoms with van der Waals surface area (Å²) in [7, 11) is 0. The minimum atomic E-state index is -4.95. The van der Waals surface area contributed by atoms with E-state index in [0.717, 1.165) is 0 Å². The van der Waals surface area contributed by atoms with Crippen molar-refractivity contribution in [2.45, 2.75) is 50.9 Å². The molecule has 2 atom stereocenters. The molecule has 0 saturated carbocycles. The molecule has 0 fully saturated rings.